The van der Waals surface area contributed by atoms with Gasteiger partial charge in [-0.3, -0.25) is 9.59 Å². The zero-order valence-corrected chi connectivity index (χ0v) is 19.9. The Balaban J connectivity index is 1.68. The molecule has 1 unspecified atom stereocenters. The molecule has 2 amide bonds. The van der Waals surface area contributed by atoms with Crippen LogP contribution >= 0.6 is 11.3 Å². The Hall–Kier alpha value is -3.01. The highest BCUT2D eigenvalue weighted by atomic mass is 32.2. The highest BCUT2D eigenvalue weighted by Gasteiger charge is 2.47. The fraction of sp³-hybridized carbons (Fsp3) is 0.250. The lowest BCUT2D eigenvalue weighted by atomic mass is 10.1. The molecule has 3 aromatic rings. The summed E-state index contributed by atoms with van der Waals surface area (Å²) in [5, 5.41) is 1.67. The summed E-state index contributed by atoms with van der Waals surface area (Å²) in [4.78, 5) is 27.3. The number of sulfonamides is 1. The average Bonchev–Trinajstić information content (AvgIpc) is 3.43. The maximum Gasteiger partial charge on any atom is 0.253 e. The first-order chi connectivity index (χ1) is 15.8. The van der Waals surface area contributed by atoms with Gasteiger partial charge in [-0.2, -0.15) is 4.31 Å². The number of amides is 2. The van der Waals surface area contributed by atoms with Crippen molar-refractivity contribution in [3.63, 3.8) is 0 Å². The number of nitrogens with zero attached hydrogens (tertiary/aromatic N) is 2. The third-order valence-electron chi connectivity index (χ3n) is 5.39. The number of aryl methyl sites for hydroxylation is 1. The molecule has 1 fully saturated rings. The van der Waals surface area contributed by atoms with Crippen molar-refractivity contribution < 1.29 is 22.7 Å². The van der Waals surface area contributed by atoms with Gasteiger partial charge in [0.2, 0.25) is 5.91 Å². The number of hydrogen-bond donors (Lipinski definition) is 0. The van der Waals surface area contributed by atoms with E-state index in [4.69, 9.17) is 4.74 Å². The van der Waals surface area contributed by atoms with E-state index >= 15 is 0 Å². The lowest BCUT2D eigenvalue weighted by molar-refractivity contribution is -0.122. The van der Waals surface area contributed by atoms with E-state index in [1.807, 2.05) is 38.1 Å². The Morgan fingerprint density at radius 3 is 2.36 bits per heavy atom. The van der Waals surface area contributed by atoms with Crippen LogP contribution in [-0.4, -0.2) is 37.2 Å². The van der Waals surface area contributed by atoms with Crippen molar-refractivity contribution in [2.45, 2.75) is 37.1 Å². The van der Waals surface area contributed by atoms with Crippen molar-refractivity contribution in [1.82, 2.24) is 4.31 Å². The van der Waals surface area contributed by atoms with Crippen molar-refractivity contribution >= 4 is 38.9 Å². The molecule has 172 valence electrons. The summed E-state index contributed by atoms with van der Waals surface area (Å²) in [5.41, 5.74) is 2.17. The first kappa shape index (κ1) is 23.2. The standard InChI is InChI=1S/C24H24N2O5S2/c1-3-31-20-12-10-19(11-13-20)26-22(27)15-21(24(26)28)25(16-18-8-6-17(2)7-9-18)33(29,30)23-5-4-14-32-23/h4-14,21H,3,15-16H2,1-2H3. The van der Waals surface area contributed by atoms with Crippen LogP contribution in [0.5, 0.6) is 5.75 Å². The predicted octanol–water partition coefficient (Wildman–Crippen LogP) is 3.98. The van der Waals surface area contributed by atoms with Crippen molar-refractivity contribution in [2.24, 2.45) is 0 Å². The quantitative estimate of drug-likeness (QED) is 0.452. The minimum Gasteiger partial charge on any atom is -0.494 e. The highest BCUT2D eigenvalue weighted by molar-refractivity contribution is 7.91. The van der Waals surface area contributed by atoms with Crippen molar-refractivity contribution in [3.8, 4) is 5.75 Å². The second-order valence-electron chi connectivity index (χ2n) is 7.68. The summed E-state index contributed by atoms with van der Waals surface area (Å²) in [5.74, 6) is -0.376. The lowest BCUT2D eigenvalue weighted by Crippen LogP contribution is -2.44. The summed E-state index contributed by atoms with van der Waals surface area (Å²) >= 11 is 1.08. The fourth-order valence-corrected chi connectivity index (χ4v) is 6.42. The Kier molecular flexibility index (Phi) is 6.64. The number of hydrogen-bond acceptors (Lipinski definition) is 6. The lowest BCUT2D eigenvalue weighted by Gasteiger charge is -2.26. The van der Waals surface area contributed by atoms with E-state index in [0.717, 1.165) is 31.7 Å². The van der Waals surface area contributed by atoms with E-state index < -0.39 is 27.9 Å². The topological polar surface area (TPSA) is 84.0 Å². The van der Waals surface area contributed by atoms with Crippen LogP contribution < -0.4 is 9.64 Å². The molecule has 1 aliphatic rings. The van der Waals surface area contributed by atoms with Gasteiger partial charge in [0.05, 0.1) is 18.7 Å². The molecular formula is C24H24N2O5S2. The molecule has 0 N–H and O–H groups in total. The molecule has 33 heavy (non-hydrogen) atoms. The molecule has 1 aliphatic heterocycles. The van der Waals surface area contributed by atoms with Gasteiger partial charge in [0.25, 0.3) is 15.9 Å². The van der Waals surface area contributed by atoms with Crippen LogP contribution in [0, 0.1) is 6.92 Å². The van der Waals surface area contributed by atoms with E-state index in [1.165, 1.54) is 6.07 Å². The van der Waals surface area contributed by atoms with Crippen molar-refractivity contribution in [3.05, 3.63) is 77.2 Å². The van der Waals surface area contributed by atoms with Crippen molar-refractivity contribution in [2.75, 3.05) is 11.5 Å². The second kappa shape index (κ2) is 9.46. The maximum absolute atomic E-state index is 13.5. The number of carbonyl (C=O) groups excluding carboxylic acids is 2. The van der Waals surface area contributed by atoms with Gasteiger partial charge < -0.3 is 4.74 Å². The summed E-state index contributed by atoms with van der Waals surface area (Å²) in [6.07, 6.45) is -0.220. The molecule has 7 nitrogen and oxygen atoms in total. The maximum atomic E-state index is 13.5. The first-order valence-electron chi connectivity index (χ1n) is 10.5. The third-order valence-corrected chi connectivity index (χ3v) is 8.62. The molecule has 2 heterocycles. The van der Waals surface area contributed by atoms with Crippen LogP contribution in [0.25, 0.3) is 0 Å². The van der Waals surface area contributed by atoms with E-state index in [9.17, 15) is 18.0 Å². The van der Waals surface area contributed by atoms with Crippen molar-refractivity contribution in [1.29, 1.82) is 0 Å². The Morgan fingerprint density at radius 1 is 1.06 bits per heavy atom. The summed E-state index contributed by atoms with van der Waals surface area (Å²) < 4.78 is 33.7. The normalized spacial score (nSPS) is 16.6. The number of benzene rings is 2. The summed E-state index contributed by atoms with van der Waals surface area (Å²) in [6.45, 7) is 4.29. The highest BCUT2D eigenvalue weighted by Crippen LogP contribution is 2.32. The molecule has 1 atom stereocenters. The first-order valence-corrected chi connectivity index (χ1v) is 12.8. The van der Waals surface area contributed by atoms with E-state index in [0.29, 0.717) is 18.0 Å². The Labute approximate surface area is 197 Å². The van der Waals surface area contributed by atoms with Crippen LogP contribution in [0.3, 0.4) is 0 Å². The van der Waals surface area contributed by atoms with Gasteiger partial charge in [-0.1, -0.05) is 35.9 Å². The molecule has 1 saturated heterocycles. The molecule has 1 aromatic heterocycles. The molecule has 4 rings (SSSR count). The number of carbonyl (C=O) groups is 2. The Bertz CT molecular complexity index is 1240. The van der Waals surface area contributed by atoms with Crippen LogP contribution in [0.4, 0.5) is 5.69 Å². The number of rotatable bonds is 8. The second-order valence-corrected chi connectivity index (χ2v) is 10.7. The van der Waals surface area contributed by atoms with Gasteiger partial charge >= 0.3 is 0 Å². The summed E-state index contributed by atoms with van der Waals surface area (Å²) in [6, 6.07) is 16.1. The minimum atomic E-state index is -3.99. The van der Waals surface area contributed by atoms with Crippen LogP contribution in [0.2, 0.25) is 0 Å². The SMILES string of the molecule is CCOc1ccc(N2C(=O)CC(N(Cc3ccc(C)cc3)S(=O)(=O)c3cccs3)C2=O)cc1. The number of thiophene rings is 1. The van der Waals surface area contributed by atoms with Gasteiger partial charge in [0, 0.05) is 6.54 Å². The largest absolute Gasteiger partial charge is 0.494 e. The Morgan fingerprint density at radius 2 is 1.76 bits per heavy atom. The smallest absolute Gasteiger partial charge is 0.253 e. The zero-order chi connectivity index (χ0) is 23.6. The fourth-order valence-electron chi connectivity index (χ4n) is 3.73. The molecular weight excluding hydrogens is 460 g/mol. The van der Waals surface area contributed by atoms with Crippen LogP contribution in [0.15, 0.2) is 70.3 Å². The monoisotopic (exact) mass is 484 g/mol. The van der Waals surface area contributed by atoms with Gasteiger partial charge in [0.1, 0.15) is 16.0 Å². The minimum absolute atomic E-state index is 0.0126. The summed E-state index contributed by atoms with van der Waals surface area (Å²) in [7, 11) is -3.99. The average molecular weight is 485 g/mol. The predicted molar refractivity (Wildman–Crippen MR) is 127 cm³/mol. The molecule has 2 aromatic carbocycles. The molecule has 9 heteroatoms. The molecule has 0 aliphatic carbocycles. The molecule has 0 bridgehead atoms. The van der Waals surface area contributed by atoms with E-state index in [-0.39, 0.29) is 17.2 Å². The van der Waals surface area contributed by atoms with Crippen LogP contribution in [0.1, 0.15) is 24.5 Å². The van der Waals surface area contributed by atoms with Gasteiger partial charge in [0.15, 0.2) is 0 Å². The van der Waals surface area contributed by atoms with E-state index in [2.05, 4.69) is 0 Å². The molecule has 0 radical (unpaired) electrons. The van der Waals surface area contributed by atoms with Crippen LogP contribution in [-0.2, 0) is 26.2 Å². The van der Waals surface area contributed by atoms with Gasteiger partial charge in [-0.25, -0.2) is 13.3 Å². The number of anilines is 1. The molecule has 0 saturated carbocycles. The molecule has 0 spiro atoms. The number of imide groups is 1. The zero-order valence-electron chi connectivity index (χ0n) is 18.3. The van der Waals surface area contributed by atoms with E-state index in [1.54, 1.807) is 35.7 Å². The third kappa shape index (κ3) is 4.71. The van der Waals surface area contributed by atoms with Gasteiger partial charge in [-0.15, -0.1) is 11.3 Å². The number of ether oxygens (including phenoxy) is 1. The van der Waals surface area contributed by atoms with Gasteiger partial charge in [-0.05, 0) is 55.1 Å².